The Morgan fingerprint density at radius 2 is 2.06 bits per heavy atom. The van der Waals surface area contributed by atoms with E-state index in [4.69, 9.17) is 11.6 Å². The second kappa shape index (κ2) is 8.39. The number of benzene rings is 2. The third-order valence-electron chi connectivity index (χ3n) is 6.18. The Hall–Kier alpha value is -3.60. The maximum atomic E-state index is 12.1. The third kappa shape index (κ3) is 4.23. The van der Waals surface area contributed by atoms with Crippen molar-refractivity contribution >= 4 is 45.6 Å². The van der Waals surface area contributed by atoms with Gasteiger partial charge < -0.3 is 20.6 Å². The van der Waals surface area contributed by atoms with Crippen LogP contribution in [0.1, 0.15) is 5.56 Å². The van der Waals surface area contributed by atoms with E-state index in [1.165, 1.54) is 18.5 Å². The van der Waals surface area contributed by atoms with Gasteiger partial charge in [0, 0.05) is 30.1 Å². The van der Waals surface area contributed by atoms with Crippen molar-refractivity contribution in [1.82, 2.24) is 14.9 Å². The number of aromatic hydroxyl groups is 1. The van der Waals surface area contributed by atoms with Crippen LogP contribution >= 0.6 is 11.6 Å². The first-order chi connectivity index (χ1) is 15.9. The number of halogens is 1. The molecule has 1 saturated heterocycles. The molecule has 0 bridgehead atoms. The predicted octanol–water partition coefficient (Wildman–Crippen LogP) is 4.02. The first-order valence-electron chi connectivity index (χ1n) is 10.6. The molecule has 1 aliphatic heterocycles. The number of anilines is 3. The molecule has 2 fully saturated rings. The Balaban J connectivity index is 1.51. The topological polar surface area (TPSA) is 90.4 Å². The summed E-state index contributed by atoms with van der Waals surface area (Å²) in [6, 6.07) is 8.48. The van der Waals surface area contributed by atoms with Gasteiger partial charge in [-0.2, -0.15) is 0 Å². The number of hydrogen-bond donors (Lipinski definition) is 3. The Kier molecular flexibility index (Phi) is 5.41. The minimum absolute atomic E-state index is 0.00107. The van der Waals surface area contributed by atoms with Crippen molar-refractivity contribution in [2.45, 2.75) is 0 Å². The van der Waals surface area contributed by atoms with E-state index in [0.717, 1.165) is 13.1 Å². The molecule has 8 heteroatoms. The number of aromatic nitrogens is 2. The Morgan fingerprint density at radius 1 is 1.27 bits per heavy atom. The highest BCUT2D eigenvalue weighted by Gasteiger charge is 2.53. The smallest absolute Gasteiger partial charge is 0.247 e. The van der Waals surface area contributed by atoms with E-state index in [1.54, 1.807) is 12.1 Å². The number of carbonyl (C=O) groups is 1. The van der Waals surface area contributed by atoms with Crippen molar-refractivity contribution in [2.24, 2.45) is 17.8 Å². The number of likely N-dealkylation sites (tertiary alicyclic amines) is 1. The molecule has 166 valence electrons. The van der Waals surface area contributed by atoms with Gasteiger partial charge in [-0.15, -0.1) is 0 Å². The van der Waals surface area contributed by atoms with Crippen molar-refractivity contribution in [3.63, 3.8) is 0 Å². The summed E-state index contributed by atoms with van der Waals surface area (Å²) in [5, 5.41) is 16.7. The number of phenolic OH excluding ortho intramolecular Hbond substituents is 1. The van der Waals surface area contributed by atoms with Crippen LogP contribution in [0.15, 0.2) is 49.3 Å². The zero-order valence-electron chi connectivity index (χ0n) is 18.0. The molecule has 3 atom stereocenters. The molecule has 0 radical (unpaired) electrons. The first-order valence-corrected chi connectivity index (χ1v) is 11.0. The molecule has 2 aliphatic rings. The van der Waals surface area contributed by atoms with Gasteiger partial charge in [-0.05, 0) is 55.3 Å². The van der Waals surface area contributed by atoms with Gasteiger partial charge in [-0.25, -0.2) is 9.97 Å². The molecule has 5 rings (SSSR count). The van der Waals surface area contributed by atoms with Crippen LogP contribution in [0.5, 0.6) is 5.75 Å². The van der Waals surface area contributed by atoms with Crippen LogP contribution in [0, 0.1) is 29.6 Å². The van der Waals surface area contributed by atoms with Crippen LogP contribution in [-0.4, -0.2) is 46.0 Å². The summed E-state index contributed by atoms with van der Waals surface area (Å²) >= 11 is 6.03. The third-order valence-corrected chi connectivity index (χ3v) is 6.48. The largest absolute Gasteiger partial charge is 0.506 e. The number of nitrogens with zero attached hydrogens (tertiary/aromatic N) is 3. The summed E-state index contributed by atoms with van der Waals surface area (Å²) in [6.45, 7) is 5.72. The highest BCUT2D eigenvalue weighted by Crippen LogP contribution is 2.50. The molecular weight excluding hydrogens is 438 g/mol. The summed E-state index contributed by atoms with van der Waals surface area (Å²) in [7, 11) is 2.14. The highest BCUT2D eigenvalue weighted by molar-refractivity contribution is 6.32. The summed E-state index contributed by atoms with van der Waals surface area (Å²) in [5.41, 5.74) is 2.62. The normalized spacial score (nSPS) is 21.1. The summed E-state index contributed by atoms with van der Waals surface area (Å²) < 4.78 is 0. The van der Waals surface area contributed by atoms with E-state index in [2.05, 4.69) is 51.0 Å². The van der Waals surface area contributed by atoms with Crippen LogP contribution in [-0.2, 0) is 4.79 Å². The Labute approximate surface area is 196 Å². The fourth-order valence-electron chi connectivity index (χ4n) is 4.43. The minimum Gasteiger partial charge on any atom is -0.506 e. The lowest BCUT2D eigenvalue weighted by molar-refractivity contribution is -0.111. The monoisotopic (exact) mass is 459 g/mol. The number of amides is 1. The van der Waals surface area contributed by atoms with E-state index in [1.807, 2.05) is 12.1 Å². The second-order valence-corrected chi connectivity index (χ2v) is 8.87. The molecule has 2 aromatic carbocycles. The van der Waals surface area contributed by atoms with E-state index in [0.29, 0.717) is 51.4 Å². The SMILES string of the molecule is C=CC(=O)Nc1cc2c(Nc3ccc(O)c(Cl)c3)ncnc2cc1C#C[C@@H]1[C@H]2CN(C)C[C@@H]12. The van der Waals surface area contributed by atoms with E-state index in [-0.39, 0.29) is 16.7 Å². The highest BCUT2D eigenvalue weighted by atomic mass is 35.5. The van der Waals surface area contributed by atoms with E-state index >= 15 is 0 Å². The molecular formula is C25H22ClN5O2. The molecule has 1 amide bonds. The average molecular weight is 460 g/mol. The van der Waals surface area contributed by atoms with Crippen molar-refractivity contribution in [3.8, 4) is 17.6 Å². The van der Waals surface area contributed by atoms with Crippen molar-refractivity contribution in [1.29, 1.82) is 0 Å². The molecule has 3 aromatic rings. The van der Waals surface area contributed by atoms with Crippen molar-refractivity contribution < 1.29 is 9.90 Å². The number of piperidine rings is 1. The predicted molar refractivity (Wildman–Crippen MR) is 130 cm³/mol. The molecule has 7 nitrogen and oxygen atoms in total. The van der Waals surface area contributed by atoms with E-state index < -0.39 is 0 Å². The molecule has 1 aromatic heterocycles. The number of fused-ring (bicyclic) bond motifs is 2. The molecule has 1 saturated carbocycles. The van der Waals surface area contributed by atoms with Crippen LogP contribution in [0.2, 0.25) is 5.02 Å². The van der Waals surface area contributed by atoms with Gasteiger partial charge >= 0.3 is 0 Å². The van der Waals surface area contributed by atoms with Crippen LogP contribution in [0.4, 0.5) is 17.2 Å². The molecule has 0 unspecified atom stereocenters. The lowest BCUT2D eigenvalue weighted by Gasteiger charge is -2.12. The average Bonchev–Trinajstić information content (AvgIpc) is 3.26. The molecule has 0 spiro atoms. The van der Waals surface area contributed by atoms with Crippen LogP contribution < -0.4 is 10.6 Å². The standard InChI is InChI=1S/C25H22ClN5O2/c1-3-24(33)30-21-10-17-22(8-14(21)4-6-16-18-11-31(2)12-19(16)18)27-13-28-25(17)29-15-5-7-23(32)20(26)9-15/h3,5,7-10,13,16,18-19,32H,1,11-12H2,2H3,(H,30,33)(H,27,28,29)/t16-,18-,19+. The van der Waals surface area contributed by atoms with Crippen molar-refractivity contribution in [3.05, 3.63) is 59.9 Å². The number of rotatable bonds is 4. The van der Waals surface area contributed by atoms with Gasteiger partial charge in [0.05, 0.1) is 21.8 Å². The number of hydrogen-bond acceptors (Lipinski definition) is 6. The number of nitrogens with one attached hydrogen (secondary N) is 2. The fourth-order valence-corrected chi connectivity index (χ4v) is 4.61. The maximum absolute atomic E-state index is 12.1. The fraction of sp³-hybridized carbons (Fsp3) is 0.240. The van der Waals surface area contributed by atoms with Gasteiger partial charge in [0.2, 0.25) is 5.91 Å². The number of carbonyl (C=O) groups excluding carboxylic acids is 1. The summed E-state index contributed by atoms with van der Waals surface area (Å²) in [6.07, 6.45) is 2.69. The Bertz CT molecular complexity index is 1330. The summed E-state index contributed by atoms with van der Waals surface area (Å²) in [5.74, 6) is 8.59. The van der Waals surface area contributed by atoms with Crippen LogP contribution in [0.25, 0.3) is 10.9 Å². The zero-order valence-corrected chi connectivity index (χ0v) is 18.7. The van der Waals surface area contributed by atoms with Gasteiger partial charge in [0.15, 0.2) is 0 Å². The summed E-state index contributed by atoms with van der Waals surface area (Å²) in [4.78, 5) is 23.2. The number of phenols is 1. The van der Waals surface area contributed by atoms with Crippen LogP contribution in [0.3, 0.4) is 0 Å². The first kappa shape index (κ1) is 21.3. The Morgan fingerprint density at radius 3 is 2.79 bits per heavy atom. The maximum Gasteiger partial charge on any atom is 0.247 e. The molecule has 3 N–H and O–H groups in total. The molecule has 1 aliphatic carbocycles. The molecule has 33 heavy (non-hydrogen) atoms. The molecule has 2 heterocycles. The van der Waals surface area contributed by atoms with Crippen molar-refractivity contribution in [2.75, 3.05) is 30.8 Å². The zero-order chi connectivity index (χ0) is 23.1. The quantitative estimate of drug-likeness (QED) is 0.310. The van der Waals surface area contributed by atoms with Gasteiger partial charge in [-0.3, -0.25) is 4.79 Å². The minimum atomic E-state index is -0.320. The lowest BCUT2D eigenvalue weighted by atomic mass is 10.1. The van der Waals surface area contributed by atoms with Gasteiger partial charge in [-0.1, -0.05) is 30.0 Å². The van der Waals surface area contributed by atoms with Gasteiger partial charge in [0.1, 0.15) is 17.9 Å². The van der Waals surface area contributed by atoms with Gasteiger partial charge in [0.25, 0.3) is 0 Å². The lowest BCUT2D eigenvalue weighted by Crippen LogP contribution is -2.18. The second-order valence-electron chi connectivity index (χ2n) is 8.47. The van der Waals surface area contributed by atoms with E-state index in [9.17, 15) is 9.90 Å².